The first-order valence-electron chi connectivity index (χ1n) is 6.12. The van der Waals surface area contributed by atoms with E-state index in [9.17, 15) is 13.2 Å². The molecule has 20 heavy (non-hydrogen) atoms. The Morgan fingerprint density at radius 2 is 1.85 bits per heavy atom. The number of rotatable bonds is 5. The minimum absolute atomic E-state index is 0.0525. The highest BCUT2D eigenvalue weighted by Crippen LogP contribution is 2.27. The van der Waals surface area contributed by atoms with Gasteiger partial charge in [-0.05, 0) is 53.4 Å². The van der Waals surface area contributed by atoms with Crippen LogP contribution in [0.4, 0.5) is 0 Å². The van der Waals surface area contributed by atoms with Crippen molar-refractivity contribution in [2.24, 2.45) is 5.92 Å². The van der Waals surface area contributed by atoms with Gasteiger partial charge in [-0.25, -0.2) is 17.9 Å². The third kappa shape index (κ3) is 3.80. The largest absolute Gasteiger partial charge is 0.478 e. The molecule has 0 saturated heterocycles. The van der Waals surface area contributed by atoms with Crippen molar-refractivity contribution in [3.05, 3.63) is 27.7 Å². The lowest BCUT2D eigenvalue weighted by Crippen LogP contribution is -2.36. The number of carbonyl (C=O) groups is 1. The van der Waals surface area contributed by atoms with Crippen LogP contribution in [0.2, 0.25) is 0 Å². The molecule has 0 spiro atoms. The maximum atomic E-state index is 12.4. The maximum absolute atomic E-state index is 12.4. The number of hydrogen-bond donors (Lipinski definition) is 2. The summed E-state index contributed by atoms with van der Waals surface area (Å²) >= 11 is 3.21. The summed E-state index contributed by atoms with van der Waals surface area (Å²) in [7, 11) is -3.77. The van der Waals surface area contributed by atoms with E-state index in [1.54, 1.807) is 13.8 Å². The third-order valence-corrected chi connectivity index (χ3v) is 6.00. The van der Waals surface area contributed by atoms with Gasteiger partial charge in [-0.2, -0.15) is 0 Å². The highest BCUT2D eigenvalue weighted by atomic mass is 79.9. The van der Waals surface area contributed by atoms with Gasteiger partial charge >= 0.3 is 5.97 Å². The van der Waals surface area contributed by atoms with Crippen LogP contribution < -0.4 is 4.72 Å². The summed E-state index contributed by atoms with van der Waals surface area (Å²) in [6, 6.07) is 2.34. The van der Waals surface area contributed by atoms with Gasteiger partial charge in [-0.15, -0.1) is 0 Å². The summed E-state index contributed by atoms with van der Waals surface area (Å²) in [6.45, 7) is 7.23. The molecular weight excluding hydrogens is 346 g/mol. The van der Waals surface area contributed by atoms with Crippen LogP contribution in [0.3, 0.4) is 0 Å². The molecule has 5 nitrogen and oxygen atoms in total. The normalized spacial score (nSPS) is 13.5. The van der Waals surface area contributed by atoms with Gasteiger partial charge in [-0.1, -0.05) is 13.8 Å². The number of halogens is 1. The minimum Gasteiger partial charge on any atom is -0.478 e. The zero-order valence-corrected chi connectivity index (χ0v) is 14.2. The van der Waals surface area contributed by atoms with Crippen LogP contribution in [-0.4, -0.2) is 25.5 Å². The van der Waals surface area contributed by atoms with Crippen molar-refractivity contribution in [3.8, 4) is 0 Å². The van der Waals surface area contributed by atoms with Crippen molar-refractivity contribution in [2.75, 3.05) is 0 Å². The first-order valence-corrected chi connectivity index (χ1v) is 8.39. The Bertz CT molecular complexity index is 626. The summed E-state index contributed by atoms with van der Waals surface area (Å²) in [5.74, 6) is -1.03. The van der Waals surface area contributed by atoms with E-state index in [2.05, 4.69) is 20.7 Å². The van der Waals surface area contributed by atoms with Gasteiger partial charge in [0.15, 0.2) is 0 Å². The lowest BCUT2D eigenvalue weighted by atomic mass is 10.1. The van der Waals surface area contributed by atoms with Crippen LogP contribution in [0.15, 0.2) is 21.5 Å². The SMILES string of the molecule is Cc1cc(C(=O)O)cc(S(=O)(=O)NC(C)C(C)C)c1Br. The first-order chi connectivity index (χ1) is 9.06. The number of nitrogens with one attached hydrogen (secondary N) is 1. The van der Waals surface area contributed by atoms with Crippen molar-refractivity contribution in [1.29, 1.82) is 0 Å². The number of carboxylic acids is 1. The van der Waals surface area contributed by atoms with E-state index in [1.165, 1.54) is 6.07 Å². The number of carboxylic acid groups (broad SMARTS) is 1. The molecule has 1 aromatic carbocycles. The summed E-state index contributed by atoms with van der Waals surface area (Å²) < 4.78 is 27.7. The Morgan fingerprint density at radius 1 is 1.30 bits per heavy atom. The second kappa shape index (κ2) is 6.24. The molecular formula is C13H18BrNO4S. The van der Waals surface area contributed by atoms with Crippen LogP contribution in [0.1, 0.15) is 36.7 Å². The molecule has 7 heteroatoms. The second-order valence-corrected chi connectivity index (χ2v) is 7.54. The second-order valence-electron chi connectivity index (χ2n) is 5.06. The maximum Gasteiger partial charge on any atom is 0.335 e. The molecule has 1 unspecified atom stereocenters. The highest BCUT2D eigenvalue weighted by Gasteiger charge is 2.24. The number of benzene rings is 1. The van der Waals surface area contributed by atoms with Crippen LogP contribution in [0.5, 0.6) is 0 Å². The molecule has 0 radical (unpaired) electrons. The summed E-state index contributed by atoms with van der Waals surface area (Å²) in [4.78, 5) is 11.0. The summed E-state index contributed by atoms with van der Waals surface area (Å²) in [5, 5.41) is 9.03. The minimum atomic E-state index is -3.77. The van der Waals surface area contributed by atoms with E-state index in [0.717, 1.165) is 6.07 Å². The van der Waals surface area contributed by atoms with Gasteiger partial charge in [0, 0.05) is 10.5 Å². The molecule has 0 fully saturated rings. The molecule has 0 heterocycles. The van der Waals surface area contributed by atoms with E-state index in [1.807, 2.05) is 13.8 Å². The number of hydrogen-bond acceptors (Lipinski definition) is 3. The zero-order chi connectivity index (χ0) is 15.7. The molecule has 0 aromatic heterocycles. The molecule has 2 N–H and O–H groups in total. The topological polar surface area (TPSA) is 83.5 Å². The van der Waals surface area contributed by atoms with Gasteiger partial charge in [0.1, 0.15) is 0 Å². The fourth-order valence-electron chi connectivity index (χ4n) is 1.50. The lowest BCUT2D eigenvalue weighted by molar-refractivity contribution is 0.0696. The van der Waals surface area contributed by atoms with E-state index >= 15 is 0 Å². The van der Waals surface area contributed by atoms with Crippen molar-refractivity contribution >= 4 is 31.9 Å². The van der Waals surface area contributed by atoms with Crippen molar-refractivity contribution < 1.29 is 18.3 Å². The molecule has 1 atom stereocenters. The van der Waals surface area contributed by atoms with Gasteiger partial charge in [0.05, 0.1) is 10.5 Å². The average Bonchev–Trinajstić information content (AvgIpc) is 2.31. The van der Waals surface area contributed by atoms with Crippen molar-refractivity contribution in [2.45, 2.75) is 38.6 Å². The molecule has 0 aliphatic rings. The van der Waals surface area contributed by atoms with Gasteiger partial charge < -0.3 is 5.11 Å². The van der Waals surface area contributed by atoms with Crippen LogP contribution in [0.25, 0.3) is 0 Å². The molecule has 1 aromatic rings. The van der Waals surface area contributed by atoms with Crippen LogP contribution in [-0.2, 0) is 10.0 Å². The zero-order valence-electron chi connectivity index (χ0n) is 11.8. The molecule has 0 aliphatic heterocycles. The molecule has 0 bridgehead atoms. The van der Waals surface area contributed by atoms with E-state index < -0.39 is 16.0 Å². The fourth-order valence-corrected chi connectivity index (χ4v) is 3.94. The number of sulfonamides is 1. The Balaban J connectivity index is 3.34. The molecule has 0 aliphatic carbocycles. The fraction of sp³-hybridized carbons (Fsp3) is 0.462. The third-order valence-electron chi connectivity index (χ3n) is 3.10. The Labute approximate surface area is 127 Å². The summed E-state index contributed by atoms with van der Waals surface area (Å²) in [6.07, 6.45) is 0. The predicted molar refractivity (Wildman–Crippen MR) is 80.5 cm³/mol. The Morgan fingerprint density at radius 3 is 2.30 bits per heavy atom. The first kappa shape index (κ1) is 17.1. The average molecular weight is 364 g/mol. The standard InChI is InChI=1S/C13H18BrNO4S/c1-7(2)9(4)15-20(18,19)11-6-10(13(16)17)5-8(3)12(11)14/h5-7,9,15H,1-4H3,(H,16,17). The van der Waals surface area contributed by atoms with E-state index in [4.69, 9.17) is 5.11 Å². The van der Waals surface area contributed by atoms with E-state index in [0.29, 0.717) is 10.0 Å². The van der Waals surface area contributed by atoms with Gasteiger partial charge in [-0.3, -0.25) is 0 Å². The Hall–Kier alpha value is -0.920. The van der Waals surface area contributed by atoms with Gasteiger partial charge in [0.2, 0.25) is 10.0 Å². The summed E-state index contributed by atoms with van der Waals surface area (Å²) in [5.41, 5.74) is 0.505. The molecule has 0 saturated carbocycles. The monoisotopic (exact) mass is 363 g/mol. The van der Waals surface area contributed by atoms with Gasteiger partial charge in [0.25, 0.3) is 0 Å². The molecule has 112 valence electrons. The van der Waals surface area contributed by atoms with Crippen LogP contribution in [0, 0.1) is 12.8 Å². The number of aryl methyl sites for hydroxylation is 1. The highest BCUT2D eigenvalue weighted by molar-refractivity contribution is 9.10. The number of aromatic carboxylic acids is 1. The predicted octanol–water partition coefficient (Wildman–Crippen LogP) is 2.78. The van der Waals surface area contributed by atoms with Crippen molar-refractivity contribution in [3.63, 3.8) is 0 Å². The quantitative estimate of drug-likeness (QED) is 0.842. The smallest absolute Gasteiger partial charge is 0.335 e. The molecule has 0 amide bonds. The van der Waals surface area contributed by atoms with Crippen molar-refractivity contribution in [1.82, 2.24) is 4.72 Å². The Kier molecular flexibility index (Phi) is 5.34. The molecule has 1 rings (SSSR count). The van der Waals surface area contributed by atoms with E-state index in [-0.39, 0.29) is 22.4 Å². The van der Waals surface area contributed by atoms with Crippen LogP contribution >= 0.6 is 15.9 Å². The lowest BCUT2D eigenvalue weighted by Gasteiger charge is -2.19.